The van der Waals surface area contributed by atoms with Crippen molar-refractivity contribution in [2.24, 2.45) is 0 Å². The highest BCUT2D eigenvalue weighted by molar-refractivity contribution is 6.33. The molecule has 0 unspecified atom stereocenters. The van der Waals surface area contributed by atoms with Crippen molar-refractivity contribution in [1.29, 1.82) is 0 Å². The molecule has 2 aromatic rings. The first-order chi connectivity index (χ1) is 12.7. The molecule has 0 aliphatic heterocycles. The predicted molar refractivity (Wildman–Crippen MR) is 105 cm³/mol. The van der Waals surface area contributed by atoms with Crippen LogP contribution in [0.25, 0.3) is 11.4 Å². The molecular formula is C20H28ClN3O2. The average Bonchev–Trinajstić information content (AvgIpc) is 3.05. The van der Waals surface area contributed by atoms with E-state index >= 15 is 0 Å². The van der Waals surface area contributed by atoms with Gasteiger partial charge >= 0.3 is 6.01 Å². The number of hydrogen-bond acceptors (Lipinski definition) is 4. The Morgan fingerprint density at radius 1 is 1.08 bits per heavy atom. The Morgan fingerprint density at radius 3 is 2.46 bits per heavy atom. The summed E-state index contributed by atoms with van der Waals surface area (Å²) in [5, 5.41) is 4.77. The number of rotatable bonds is 11. The van der Waals surface area contributed by atoms with Gasteiger partial charge in [-0.25, -0.2) is 0 Å². The zero-order valence-electron chi connectivity index (χ0n) is 15.7. The zero-order valence-corrected chi connectivity index (χ0v) is 16.5. The lowest BCUT2D eigenvalue weighted by atomic mass is 10.1. The van der Waals surface area contributed by atoms with Gasteiger partial charge in [0, 0.05) is 12.0 Å². The van der Waals surface area contributed by atoms with Gasteiger partial charge in [-0.1, -0.05) is 69.2 Å². The van der Waals surface area contributed by atoms with Crippen LogP contribution in [0.2, 0.25) is 5.02 Å². The van der Waals surface area contributed by atoms with Crippen molar-refractivity contribution >= 4 is 17.5 Å². The van der Waals surface area contributed by atoms with Crippen molar-refractivity contribution in [1.82, 2.24) is 14.8 Å². The van der Waals surface area contributed by atoms with Crippen molar-refractivity contribution in [3.63, 3.8) is 0 Å². The van der Waals surface area contributed by atoms with Crippen LogP contribution in [-0.4, -0.2) is 27.3 Å². The maximum atomic E-state index is 12.7. The van der Waals surface area contributed by atoms with E-state index in [0.717, 1.165) is 12.8 Å². The van der Waals surface area contributed by atoms with Crippen LogP contribution >= 0.6 is 11.6 Å². The van der Waals surface area contributed by atoms with Crippen LogP contribution in [0.1, 0.15) is 70.0 Å². The molecule has 5 nitrogen and oxygen atoms in total. The molecule has 142 valence electrons. The Hall–Kier alpha value is -1.88. The van der Waals surface area contributed by atoms with E-state index < -0.39 is 0 Å². The summed E-state index contributed by atoms with van der Waals surface area (Å²) in [6, 6.07) is 7.52. The largest absolute Gasteiger partial charge is 0.463 e. The van der Waals surface area contributed by atoms with Crippen molar-refractivity contribution in [2.75, 3.05) is 6.61 Å². The Morgan fingerprint density at radius 2 is 1.77 bits per heavy atom. The van der Waals surface area contributed by atoms with Crippen molar-refractivity contribution < 1.29 is 9.53 Å². The molecule has 0 spiro atoms. The number of aromatic nitrogens is 3. The van der Waals surface area contributed by atoms with E-state index in [9.17, 15) is 4.79 Å². The second-order valence-corrected chi connectivity index (χ2v) is 6.71. The Kier molecular flexibility index (Phi) is 8.62. The minimum atomic E-state index is -0.0769. The van der Waals surface area contributed by atoms with Gasteiger partial charge in [-0.3, -0.25) is 4.79 Å². The maximum Gasteiger partial charge on any atom is 0.336 e. The molecule has 0 bridgehead atoms. The highest BCUT2D eigenvalue weighted by Crippen LogP contribution is 2.27. The third-order valence-corrected chi connectivity index (χ3v) is 4.54. The van der Waals surface area contributed by atoms with E-state index in [-0.39, 0.29) is 11.9 Å². The monoisotopic (exact) mass is 377 g/mol. The van der Waals surface area contributed by atoms with Crippen LogP contribution in [0.4, 0.5) is 0 Å². The SMILES string of the molecule is CCCCCCCCCC(=O)n1nc(OCC)nc1-c1ccccc1Cl. The van der Waals surface area contributed by atoms with E-state index in [2.05, 4.69) is 17.0 Å². The molecule has 1 aromatic carbocycles. The van der Waals surface area contributed by atoms with E-state index in [1.54, 1.807) is 6.07 Å². The van der Waals surface area contributed by atoms with E-state index in [0.29, 0.717) is 29.4 Å². The van der Waals surface area contributed by atoms with Crippen molar-refractivity contribution in [2.45, 2.75) is 65.2 Å². The first-order valence-corrected chi connectivity index (χ1v) is 9.93. The molecule has 1 aromatic heterocycles. The van der Waals surface area contributed by atoms with Gasteiger partial charge in [-0.2, -0.15) is 9.67 Å². The molecule has 0 saturated heterocycles. The van der Waals surface area contributed by atoms with E-state index in [1.165, 1.54) is 36.8 Å². The summed E-state index contributed by atoms with van der Waals surface area (Å²) in [6.45, 7) is 4.51. The number of nitrogens with zero attached hydrogens (tertiary/aromatic N) is 3. The molecular weight excluding hydrogens is 350 g/mol. The lowest BCUT2D eigenvalue weighted by molar-refractivity contribution is 0.0883. The fourth-order valence-electron chi connectivity index (χ4n) is 2.81. The number of carbonyl (C=O) groups excluding carboxylic acids is 1. The molecule has 0 radical (unpaired) electrons. The fraction of sp³-hybridized carbons (Fsp3) is 0.550. The van der Waals surface area contributed by atoms with E-state index in [4.69, 9.17) is 16.3 Å². The van der Waals surface area contributed by atoms with Crippen molar-refractivity contribution in [3.05, 3.63) is 29.3 Å². The minimum absolute atomic E-state index is 0.0769. The van der Waals surface area contributed by atoms with Gasteiger partial charge in [0.25, 0.3) is 0 Å². The smallest absolute Gasteiger partial charge is 0.336 e. The Labute approximate surface area is 160 Å². The highest BCUT2D eigenvalue weighted by Gasteiger charge is 2.19. The molecule has 26 heavy (non-hydrogen) atoms. The summed E-state index contributed by atoms with van der Waals surface area (Å²) >= 11 is 6.28. The summed E-state index contributed by atoms with van der Waals surface area (Å²) in [6.07, 6.45) is 8.59. The van der Waals surface area contributed by atoms with Crippen molar-refractivity contribution in [3.8, 4) is 17.4 Å². The number of benzene rings is 1. The summed E-state index contributed by atoms with van der Waals surface area (Å²) in [5.41, 5.74) is 0.681. The molecule has 0 amide bonds. The molecule has 6 heteroatoms. The molecule has 0 saturated carbocycles. The molecule has 0 aliphatic rings. The van der Waals surface area contributed by atoms with Gasteiger partial charge < -0.3 is 4.74 Å². The summed E-state index contributed by atoms with van der Waals surface area (Å²) in [7, 11) is 0. The minimum Gasteiger partial charge on any atom is -0.463 e. The fourth-order valence-corrected chi connectivity index (χ4v) is 3.03. The van der Waals surface area contributed by atoms with Crippen LogP contribution in [0, 0.1) is 0 Å². The number of carbonyl (C=O) groups is 1. The van der Waals surface area contributed by atoms with Crippen LogP contribution in [0.3, 0.4) is 0 Å². The van der Waals surface area contributed by atoms with Gasteiger partial charge in [-0.15, -0.1) is 5.10 Å². The van der Waals surface area contributed by atoms with E-state index in [1.807, 2.05) is 25.1 Å². The first-order valence-electron chi connectivity index (χ1n) is 9.55. The summed E-state index contributed by atoms with van der Waals surface area (Å²) < 4.78 is 6.72. The van der Waals surface area contributed by atoms with Crippen LogP contribution in [-0.2, 0) is 0 Å². The zero-order chi connectivity index (χ0) is 18.8. The van der Waals surface area contributed by atoms with Gasteiger partial charge in [0.15, 0.2) is 5.82 Å². The molecule has 0 atom stereocenters. The normalized spacial score (nSPS) is 10.9. The number of hydrogen-bond donors (Lipinski definition) is 0. The van der Waals surface area contributed by atoms with Gasteiger partial charge in [-0.05, 0) is 25.5 Å². The number of unbranched alkanes of at least 4 members (excludes halogenated alkanes) is 6. The second-order valence-electron chi connectivity index (χ2n) is 6.31. The third-order valence-electron chi connectivity index (χ3n) is 4.21. The van der Waals surface area contributed by atoms with Gasteiger partial charge in [0.05, 0.1) is 11.6 Å². The quantitative estimate of drug-likeness (QED) is 0.466. The van der Waals surface area contributed by atoms with Gasteiger partial charge in [0.1, 0.15) is 0 Å². The lowest BCUT2D eigenvalue weighted by Crippen LogP contribution is -2.14. The standard InChI is InChI=1S/C20H28ClN3O2/c1-3-5-6-7-8-9-10-15-18(25)24-19(22-20(23-24)26-4-2)16-13-11-12-14-17(16)21/h11-14H,3-10,15H2,1-2H3. The third kappa shape index (κ3) is 5.84. The Bertz CT molecular complexity index is 700. The lowest BCUT2D eigenvalue weighted by Gasteiger charge is -2.06. The predicted octanol–water partition coefficient (Wildman–Crippen LogP) is 5.78. The first kappa shape index (κ1) is 20.4. The Balaban J connectivity index is 2.03. The average molecular weight is 378 g/mol. The molecule has 2 rings (SSSR count). The second kappa shape index (κ2) is 11.0. The van der Waals surface area contributed by atoms with Gasteiger partial charge in [0.2, 0.25) is 5.91 Å². The number of ether oxygens (including phenoxy) is 1. The molecule has 1 heterocycles. The molecule has 0 fully saturated rings. The topological polar surface area (TPSA) is 57.0 Å². The van der Waals surface area contributed by atoms with Crippen LogP contribution in [0.5, 0.6) is 6.01 Å². The van der Waals surface area contributed by atoms with Crippen LogP contribution in [0.15, 0.2) is 24.3 Å². The number of halogens is 1. The maximum absolute atomic E-state index is 12.7. The molecule has 0 aliphatic carbocycles. The summed E-state index contributed by atoms with van der Waals surface area (Å²) in [5.74, 6) is 0.360. The summed E-state index contributed by atoms with van der Waals surface area (Å²) in [4.78, 5) is 17.0. The highest BCUT2D eigenvalue weighted by atomic mass is 35.5. The van der Waals surface area contributed by atoms with Crippen LogP contribution < -0.4 is 4.74 Å². The molecule has 0 N–H and O–H groups in total.